The van der Waals surface area contributed by atoms with E-state index in [1.807, 2.05) is 6.92 Å². The van der Waals surface area contributed by atoms with Gasteiger partial charge in [0.2, 0.25) is 5.91 Å². The van der Waals surface area contributed by atoms with E-state index in [0.29, 0.717) is 5.91 Å². The molecule has 0 fully saturated rings. The largest absolute Gasteiger partial charge is 0.342 e. The van der Waals surface area contributed by atoms with Gasteiger partial charge in [0.25, 0.3) is 0 Å². The van der Waals surface area contributed by atoms with E-state index in [1.54, 1.807) is 0 Å². The number of carbonyl (C=O) groups excluding carboxylic acids is 1. The van der Waals surface area contributed by atoms with Crippen molar-refractivity contribution in [2.75, 3.05) is 13.1 Å². The number of unbranched alkanes of at least 4 members (excludes halogenated alkanes) is 4. The molecule has 0 aromatic heterocycles. The molecule has 0 radical (unpaired) electrons. The van der Waals surface area contributed by atoms with Gasteiger partial charge in [-0.3, -0.25) is 4.79 Å². The second kappa shape index (κ2) is 13.1. The lowest BCUT2D eigenvalue weighted by molar-refractivity contribution is -0.135. The summed E-state index contributed by atoms with van der Waals surface area (Å²) in [7, 11) is 0. The molecular weight excluding hydrogens is 260 g/mol. The Hall–Kier alpha value is -0.570. The first kappa shape index (κ1) is 20.4. The first-order valence-corrected chi connectivity index (χ1v) is 9.07. The second-order valence-electron chi connectivity index (χ2n) is 6.55. The molecule has 2 unspecified atom stereocenters. The lowest BCUT2D eigenvalue weighted by atomic mass is 10.0. The molecule has 3 heteroatoms. The van der Waals surface area contributed by atoms with Gasteiger partial charge in [-0.1, -0.05) is 52.9 Å². The quantitative estimate of drug-likeness (QED) is 0.514. The van der Waals surface area contributed by atoms with Gasteiger partial charge in [0, 0.05) is 25.0 Å². The molecule has 0 aliphatic carbocycles. The van der Waals surface area contributed by atoms with Gasteiger partial charge in [-0.25, -0.2) is 0 Å². The zero-order chi connectivity index (χ0) is 16.1. The predicted molar refractivity (Wildman–Crippen MR) is 92.3 cm³/mol. The highest BCUT2D eigenvalue weighted by Gasteiger charge is 2.19. The highest BCUT2D eigenvalue weighted by molar-refractivity contribution is 5.78. The summed E-state index contributed by atoms with van der Waals surface area (Å²) < 4.78 is 0. The fraction of sp³-hybridized carbons (Fsp3) is 0.944. The molecule has 0 aromatic rings. The zero-order valence-corrected chi connectivity index (χ0v) is 14.9. The number of hydrogen-bond acceptors (Lipinski definition) is 2. The van der Waals surface area contributed by atoms with Crippen LogP contribution >= 0.6 is 0 Å². The fourth-order valence-electron chi connectivity index (χ4n) is 2.62. The van der Waals surface area contributed by atoms with E-state index in [9.17, 15) is 4.79 Å². The zero-order valence-electron chi connectivity index (χ0n) is 14.9. The molecule has 0 aromatic carbocycles. The summed E-state index contributed by atoms with van der Waals surface area (Å²) in [5.41, 5.74) is 5.78. The Morgan fingerprint density at radius 1 is 0.905 bits per heavy atom. The van der Waals surface area contributed by atoms with Crippen LogP contribution < -0.4 is 5.73 Å². The van der Waals surface area contributed by atoms with Crippen molar-refractivity contribution in [3.8, 4) is 0 Å². The maximum Gasteiger partial charge on any atom is 0.225 e. The lowest BCUT2D eigenvalue weighted by Gasteiger charge is -2.26. The minimum absolute atomic E-state index is 0.145. The van der Waals surface area contributed by atoms with E-state index in [1.165, 1.54) is 25.7 Å². The Labute approximate surface area is 132 Å². The summed E-state index contributed by atoms with van der Waals surface area (Å²) in [6, 6.07) is 0.248. The van der Waals surface area contributed by atoms with E-state index in [4.69, 9.17) is 5.73 Å². The Morgan fingerprint density at radius 2 is 1.43 bits per heavy atom. The number of carbonyl (C=O) groups is 1. The van der Waals surface area contributed by atoms with Crippen molar-refractivity contribution in [1.82, 2.24) is 4.90 Å². The molecule has 2 atom stereocenters. The predicted octanol–water partition coefficient (Wildman–Crippen LogP) is 4.35. The van der Waals surface area contributed by atoms with Gasteiger partial charge in [-0.15, -0.1) is 0 Å². The summed E-state index contributed by atoms with van der Waals surface area (Å²) in [5.74, 6) is 0.499. The van der Waals surface area contributed by atoms with Crippen LogP contribution in [0.15, 0.2) is 0 Å². The summed E-state index contributed by atoms with van der Waals surface area (Å²) in [4.78, 5) is 14.7. The van der Waals surface area contributed by atoms with E-state index in [0.717, 1.165) is 45.2 Å². The maximum absolute atomic E-state index is 12.6. The normalized spacial score (nSPS) is 14.0. The number of nitrogens with two attached hydrogens (primary N) is 1. The van der Waals surface area contributed by atoms with Crippen LogP contribution in [0.25, 0.3) is 0 Å². The van der Waals surface area contributed by atoms with E-state index in [2.05, 4.69) is 25.7 Å². The van der Waals surface area contributed by atoms with Gasteiger partial charge in [-0.2, -0.15) is 0 Å². The molecular formula is C18H38N2O. The molecule has 2 N–H and O–H groups in total. The van der Waals surface area contributed by atoms with Gasteiger partial charge < -0.3 is 10.6 Å². The van der Waals surface area contributed by atoms with Crippen LogP contribution in [0, 0.1) is 5.92 Å². The van der Waals surface area contributed by atoms with E-state index >= 15 is 0 Å². The molecule has 126 valence electrons. The van der Waals surface area contributed by atoms with Crippen LogP contribution in [0.4, 0.5) is 0 Å². The number of hydrogen-bond donors (Lipinski definition) is 1. The van der Waals surface area contributed by atoms with E-state index in [-0.39, 0.29) is 12.0 Å². The van der Waals surface area contributed by atoms with Crippen molar-refractivity contribution in [3.63, 3.8) is 0 Å². The van der Waals surface area contributed by atoms with Crippen molar-refractivity contribution in [2.45, 2.75) is 91.5 Å². The third kappa shape index (κ3) is 10.8. The van der Waals surface area contributed by atoms with Crippen LogP contribution in [0.2, 0.25) is 0 Å². The lowest BCUT2D eigenvalue weighted by Crippen LogP contribution is -2.37. The Balaban J connectivity index is 4.24. The van der Waals surface area contributed by atoms with Crippen LogP contribution in [0.3, 0.4) is 0 Å². The highest BCUT2D eigenvalue weighted by Crippen LogP contribution is 2.14. The molecule has 0 heterocycles. The first-order valence-electron chi connectivity index (χ1n) is 9.07. The topological polar surface area (TPSA) is 46.3 Å². The van der Waals surface area contributed by atoms with Gasteiger partial charge >= 0.3 is 0 Å². The van der Waals surface area contributed by atoms with Crippen LogP contribution in [-0.4, -0.2) is 29.9 Å². The van der Waals surface area contributed by atoms with Gasteiger partial charge in [0.05, 0.1) is 0 Å². The van der Waals surface area contributed by atoms with Crippen molar-refractivity contribution < 1.29 is 4.79 Å². The van der Waals surface area contributed by atoms with Gasteiger partial charge in [0.1, 0.15) is 0 Å². The smallest absolute Gasteiger partial charge is 0.225 e. The average molecular weight is 299 g/mol. The number of amides is 1. The van der Waals surface area contributed by atoms with Crippen LogP contribution in [0.1, 0.15) is 85.5 Å². The summed E-state index contributed by atoms with van der Waals surface area (Å²) >= 11 is 0. The molecule has 0 saturated carbocycles. The van der Waals surface area contributed by atoms with Crippen molar-refractivity contribution >= 4 is 5.91 Å². The molecule has 1 amide bonds. The molecule has 0 aliphatic heterocycles. The Morgan fingerprint density at radius 3 is 1.86 bits per heavy atom. The van der Waals surface area contributed by atoms with Crippen molar-refractivity contribution in [1.29, 1.82) is 0 Å². The summed E-state index contributed by atoms with van der Waals surface area (Å²) in [6.45, 7) is 10.4. The molecule has 0 saturated heterocycles. The van der Waals surface area contributed by atoms with Crippen molar-refractivity contribution in [3.05, 3.63) is 0 Å². The summed E-state index contributed by atoms with van der Waals surface area (Å²) in [6.07, 6.45) is 10.2. The average Bonchev–Trinajstić information content (AvgIpc) is 2.44. The molecule has 0 rings (SSSR count). The van der Waals surface area contributed by atoms with Crippen LogP contribution in [0.5, 0.6) is 0 Å². The highest BCUT2D eigenvalue weighted by atomic mass is 16.2. The fourth-order valence-corrected chi connectivity index (χ4v) is 2.62. The third-order valence-corrected chi connectivity index (χ3v) is 4.09. The second-order valence-corrected chi connectivity index (χ2v) is 6.55. The molecule has 0 spiro atoms. The third-order valence-electron chi connectivity index (χ3n) is 4.09. The minimum atomic E-state index is 0.145. The minimum Gasteiger partial charge on any atom is -0.342 e. The molecule has 0 aliphatic rings. The van der Waals surface area contributed by atoms with Crippen molar-refractivity contribution in [2.24, 2.45) is 11.7 Å². The SMILES string of the molecule is CCCCCN(CCCCC)C(=O)C(C)CCCC(C)N. The monoisotopic (exact) mass is 298 g/mol. The van der Waals surface area contributed by atoms with E-state index < -0.39 is 0 Å². The Bertz CT molecular complexity index is 244. The standard InChI is InChI=1S/C18H38N2O/c1-5-7-9-14-20(15-10-8-6-2)18(21)16(3)12-11-13-17(4)19/h16-17H,5-15,19H2,1-4H3. The number of nitrogens with zero attached hydrogens (tertiary/aromatic N) is 1. The molecule has 21 heavy (non-hydrogen) atoms. The molecule has 3 nitrogen and oxygen atoms in total. The molecule has 0 bridgehead atoms. The maximum atomic E-state index is 12.6. The summed E-state index contributed by atoms with van der Waals surface area (Å²) in [5, 5.41) is 0. The van der Waals surface area contributed by atoms with Gasteiger partial charge in [0.15, 0.2) is 0 Å². The first-order chi connectivity index (χ1) is 10.0. The van der Waals surface area contributed by atoms with Crippen LogP contribution in [-0.2, 0) is 4.79 Å². The van der Waals surface area contributed by atoms with Gasteiger partial charge in [-0.05, 0) is 32.6 Å². The Kier molecular flexibility index (Phi) is 12.8. The number of rotatable bonds is 13.